The quantitative estimate of drug-likeness (QED) is 0.229. The molecule has 2 nitrogen and oxygen atoms in total. The van der Waals surface area contributed by atoms with Crippen LogP contribution in [-0.2, 0) is 21.7 Å². The molecule has 0 saturated heterocycles. The maximum atomic E-state index is 10.4. The van der Waals surface area contributed by atoms with E-state index in [0.29, 0.717) is 11.1 Å². The summed E-state index contributed by atoms with van der Waals surface area (Å²) in [5.41, 5.74) is 8.34. The van der Waals surface area contributed by atoms with Gasteiger partial charge in [0.2, 0.25) is 0 Å². The topological polar surface area (TPSA) is 40.5 Å². The van der Waals surface area contributed by atoms with Gasteiger partial charge in [-0.15, -0.1) is 0 Å². The van der Waals surface area contributed by atoms with Crippen LogP contribution in [0.15, 0.2) is 119 Å². The summed E-state index contributed by atoms with van der Waals surface area (Å²) in [4.78, 5) is 0. The molecule has 2 N–H and O–H groups in total. The van der Waals surface area contributed by atoms with Crippen molar-refractivity contribution in [2.75, 3.05) is 0 Å². The van der Waals surface area contributed by atoms with Crippen molar-refractivity contribution in [2.45, 2.75) is 64.2 Å². The molecule has 4 aromatic carbocycles. The number of allylic oxidation sites excluding steroid dienone is 8. The number of fused-ring (bicyclic) bond motifs is 2. The van der Waals surface area contributed by atoms with E-state index in [0.717, 1.165) is 33.4 Å². The normalized spacial score (nSPS) is 20.6. The van der Waals surface area contributed by atoms with Crippen LogP contribution in [0.4, 0.5) is 0 Å². The monoisotopic (exact) mass is 600 g/mol. The molecule has 1 unspecified atom stereocenters. The third-order valence-corrected chi connectivity index (χ3v) is 9.92. The van der Waals surface area contributed by atoms with Crippen LogP contribution in [0, 0.1) is 11.8 Å². The van der Waals surface area contributed by atoms with Gasteiger partial charge in [0.1, 0.15) is 11.5 Å². The van der Waals surface area contributed by atoms with E-state index in [1.54, 1.807) is 34.4 Å². The van der Waals surface area contributed by atoms with Crippen molar-refractivity contribution in [1.82, 2.24) is 0 Å². The SMILES string of the molecule is C1=CC(CC[C@@H]2C=CC3=C2CCCC3)C2=C1CCCC2.Oc1ccc2ccccc2c1-c1c(O)ccc2ccccc12.[Ti]. The molecule has 4 aromatic rings. The number of hydrogen-bond donors (Lipinski definition) is 2. The van der Waals surface area contributed by atoms with Gasteiger partial charge in [0, 0.05) is 32.8 Å². The Morgan fingerprint density at radius 3 is 1.40 bits per heavy atom. The predicted molar refractivity (Wildman–Crippen MR) is 176 cm³/mol. The fourth-order valence-electron chi connectivity index (χ4n) is 7.77. The molecule has 3 heteroatoms. The maximum Gasteiger partial charge on any atom is 0.124 e. The third-order valence-electron chi connectivity index (χ3n) is 9.92. The van der Waals surface area contributed by atoms with Gasteiger partial charge < -0.3 is 10.2 Å². The van der Waals surface area contributed by atoms with Crippen molar-refractivity contribution in [3.05, 3.63) is 119 Å². The van der Waals surface area contributed by atoms with Crippen LogP contribution in [0.25, 0.3) is 32.7 Å². The molecule has 0 saturated carbocycles. The van der Waals surface area contributed by atoms with E-state index in [9.17, 15) is 10.2 Å². The smallest absolute Gasteiger partial charge is 0.124 e. The van der Waals surface area contributed by atoms with Gasteiger partial charge in [0.05, 0.1) is 0 Å². The molecule has 4 aliphatic rings. The van der Waals surface area contributed by atoms with E-state index < -0.39 is 0 Å². The van der Waals surface area contributed by atoms with Crippen LogP contribution in [0.5, 0.6) is 11.5 Å². The molecule has 4 aliphatic carbocycles. The van der Waals surface area contributed by atoms with E-state index in [4.69, 9.17) is 0 Å². The van der Waals surface area contributed by atoms with Gasteiger partial charge in [0.25, 0.3) is 0 Å². The van der Waals surface area contributed by atoms with Crippen LogP contribution in [0.1, 0.15) is 64.2 Å². The molecule has 0 aromatic heterocycles. The summed E-state index contributed by atoms with van der Waals surface area (Å²) >= 11 is 0. The maximum absolute atomic E-state index is 10.4. The van der Waals surface area contributed by atoms with Crippen LogP contribution >= 0.6 is 0 Å². The van der Waals surface area contributed by atoms with Gasteiger partial charge in [-0.25, -0.2) is 0 Å². The molecule has 0 heterocycles. The van der Waals surface area contributed by atoms with Crippen LogP contribution in [0.3, 0.4) is 0 Å². The Labute approximate surface area is 270 Å². The Kier molecular flexibility index (Phi) is 9.07. The van der Waals surface area contributed by atoms with Crippen molar-refractivity contribution >= 4 is 21.5 Å². The molecule has 0 fully saturated rings. The van der Waals surface area contributed by atoms with Gasteiger partial charge in [0.15, 0.2) is 0 Å². The molecule has 43 heavy (non-hydrogen) atoms. The second kappa shape index (κ2) is 13.1. The standard InChI is InChI=1S/C20H14O2.C20H26.Ti/c21-17-11-9-13-5-1-3-7-15(13)19(17)20-16-8-4-2-6-14(16)10-12-18(20)22;1-3-7-19-15(5-1)9-11-17(19)13-14-18-12-10-16-6-2-4-8-20(16)18;/h1-12,21-22H;9-12,17-18H,1-8,13-14H2;/t;17-,18?;/m.0./s1. The predicted octanol–water partition coefficient (Wildman–Crippen LogP) is 10.9. The fraction of sp³-hybridized carbons (Fsp3) is 0.300. The van der Waals surface area contributed by atoms with Gasteiger partial charge in [-0.3, -0.25) is 0 Å². The Morgan fingerprint density at radius 2 is 0.930 bits per heavy atom. The third kappa shape index (κ3) is 5.93. The van der Waals surface area contributed by atoms with Crippen molar-refractivity contribution in [2.24, 2.45) is 11.8 Å². The van der Waals surface area contributed by atoms with E-state index in [2.05, 4.69) is 24.3 Å². The minimum Gasteiger partial charge on any atom is -0.507 e. The van der Waals surface area contributed by atoms with E-state index in [1.807, 2.05) is 60.7 Å². The molecular formula is C40H40O2Ti. The molecule has 0 radical (unpaired) electrons. The van der Waals surface area contributed by atoms with Crippen molar-refractivity contribution in [1.29, 1.82) is 0 Å². The first-order valence-corrected chi connectivity index (χ1v) is 15.9. The Morgan fingerprint density at radius 1 is 0.512 bits per heavy atom. The first kappa shape index (κ1) is 29.7. The summed E-state index contributed by atoms with van der Waals surface area (Å²) in [7, 11) is 0. The van der Waals surface area contributed by atoms with Gasteiger partial charge in [-0.05, 0) is 121 Å². The molecule has 0 aliphatic heterocycles. The summed E-state index contributed by atoms with van der Waals surface area (Å²) in [6, 6.07) is 22.9. The van der Waals surface area contributed by atoms with Crippen LogP contribution in [0.2, 0.25) is 0 Å². The number of rotatable bonds is 4. The van der Waals surface area contributed by atoms with Crippen molar-refractivity contribution < 1.29 is 31.9 Å². The number of phenolic OH excluding ortho intramolecular Hbond substituents is 2. The Balaban J connectivity index is 0.000000150. The van der Waals surface area contributed by atoms with Gasteiger partial charge in [-0.1, -0.05) is 96.1 Å². The van der Waals surface area contributed by atoms with Crippen LogP contribution < -0.4 is 0 Å². The zero-order chi connectivity index (χ0) is 28.5. The molecule has 0 spiro atoms. The minimum atomic E-state index is 0. The molecule has 2 atom stereocenters. The summed E-state index contributed by atoms with van der Waals surface area (Å²) in [6.45, 7) is 0. The Hall–Kier alpha value is -3.33. The largest absolute Gasteiger partial charge is 0.507 e. The number of hydrogen-bond acceptors (Lipinski definition) is 2. The van der Waals surface area contributed by atoms with Gasteiger partial charge in [-0.2, -0.15) is 0 Å². The Bertz CT molecular complexity index is 1640. The zero-order valence-electron chi connectivity index (χ0n) is 24.9. The number of aromatic hydroxyl groups is 2. The zero-order valence-corrected chi connectivity index (χ0v) is 26.4. The summed E-state index contributed by atoms with van der Waals surface area (Å²) in [5.74, 6) is 1.91. The summed E-state index contributed by atoms with van der Waals surface area (Å²) in [5, 5.41) is 24.8. The number of phenols is 2. The summed E-state index contributed by atoms with van der Waals surface area (Å²) in [6.07, 6.45) is 23.8. The first-order chi connectivity index (χ1) is 20.7. The minimum absolute atomic E-state index is 0. The van der Waals surface area contributed by atoms with Crippen molar-refractivity contribution in [3.8, 4) is 22.6 Å². The average Bonchev–Trinajstić information content (AvgIpc) is 3.65. The summed E-state index contributed by atoms with van der Waals surface area (Å²) < 4.78 is 0. The van der Waals surface area contributed by atoms with E-state index in [-0.39, 0.29) is 33.2 Å². The molecule has 0 amide bonds. The van der Waals surface area contributed by atoms with Gasteiger partial charge >= 0.3 is 0 Å². The van der Waals surface area contributed by atoms with Crippen LogP contribution in [-0.4, -0.2) is 10.2 Å². The van der Waals surface area contributed by atoms with E-state index >= 15 is 0 Å². The second-order valence-corrected chi connectivity index (χ2v) is 12.4. The molecule has 216 valence electrons. The second-order valence-electron chi connectivity index (χ2n) is 12.4. The van der Waals surface area contributed by atoms with E-state index in [1.165, 1.54) is 64.2 Å². The van der Waals surface area contributed by atoms with Crippen molar-refractivity contribution in [3.63, 3.8) is 0 Å². The molecule has 8 rings (SSSR count). The molecular weight excluding hydrogens is 560 g/mol. The fourth-order valence-corrected chi connectivity index (χ4v) is 7.77. The molecule has 0 bridgehead atoms. The average molecular weight is 601 g/mol. The first-order valence-electron chi connectivity index (χ1n) is 15.9. The number of benzene rings is 4.